The van der Waals surface area contributed by atoms with Crippen LogP contribution in [0.2, 0.25) is 0 Å². The summed E-state index contributed by atoms with van der Waals surface area (Å²) in [7, 11) is 1.54. The fourth-order valence-corrected chi connectivity index (χ4v) is 3.85. The number of rotatable bonds is 9. The van der Waals surface area contributed by atoms with Crippen LogP contribution < -0.4 is 15.0 Å². The van der Waals surface area contributed by atoms with Crippen molar-refractivity contribution in [2.24, 2.45) is 0 Å². The van der Waals surface area contributed by atoms with E-state index in [1.54, 1.807) is 60.5 Å². The lowest BCUT2D eigenvalue weighted by Crippen LogP contribution is -2.30. The highest BCUT2D eigenvalue weighted by Gasteiger charge is 2.19. The summed E-state index contributed by atoms with van der Waals surface area (Å²) in [6, 6.07) is 30.1. The average Bonchev–Trinajstić information content (AvgIpc) is 2.91. The largest absolute Gasteiger partial charge is 0.497 e. The summed E-state index contributed by atoms with van der Waals surface area (Å²) in [5, 5.41) is 2.92. The Morgan fingerprint density at radius 1 is 0.806 bits per heavy atom. The lowest BCUT2D eigenvalue weighted by Gasteiger charge is -2.24. The Hall–Kier alpha value is -4.45. The summed E-state index contributed by atoms with van der Waals surface area (Å²) >= 11 is 0. The van der Waals surface area contributed by atoms with E-state index in [1.165, 1.54) is 12.1 Å². The van der Waals surface area contributed by atoms with E-state index >= 15 is 0 Å². The number of methoxy groups -OCH3 is 1. The van der Waals surface area contributed by atoms with Gasteiger partial charge in [0.1, 0.15) is 11.6 Å². The van der Waals surface area contributed by atoms with E-state index in [0.29, 0.717) is 29.1 Å². The third-order valence-electron chi connectivity index (χ3n) is 5.74. The molecule has 0 heterocycles. The van der Waals surface area contributed by atoms with Crippen molar-refractivity contribution in [2.45, 2.75) is 19.5 Å². The molecular weight excluding hydrogens is 455 g/mol. The number of carbonyl (C=O) groups is 2. The maximum atomic E-state index is 13.8. The molecule has 0 fully saturated rings. The molecule has 4 aromatic rings. The van der Waals surface area contributed by atoms with Crippen LogP contribution in [0.5, 0.6) is 5.75 Å². The predicted octanol–water partition coefficient (Wildman–Crippen LogP) is 5.54. The van der Waals surface area contributed by atoms with Gasteiger partial charge >= 0.3 is 0 Å². The van der Waals surface area contributed by atoms with E-state index in [9.17, 15) is 14.0 Å². The SMILES string of the molecule is COc1cccc(C(=O)N(Cc2cccc(F)c2)c2ccc(CC(=O)NCc3ccccc3)cc2)c1. The number of anilines is 1. The molecule has 0 saturated heterocycles. The van der Waals surface area contributed by atoms with Crippen molar-refractivity contribution in [1.82, 2.24) is 5.32 Å². The molecule has 0 bridgehead atoms. The van der Waals surface area contributed by atoms with Crippen molar-refractivity contribution in [3.05, 3.63) is 131 Å². The molecule has 1 N–H and O–H groups in total. The minimum atomic E-state index is -0.363. The third-order valence-corrected chi connectivity index (χ3v) is 5.74. The summed E-state index contributed by atoms with van der Waals surface area (Å²) in [5.41, 5.74) is 3.61. The maximum Gasteiger partial charge on any atom is 0.258 e. The van der Waals surface area contributed by atoms with Crippen LogP contribution in [-0.2, 0) is 24.3 Å². The number of nitrogens with zero attached hydrogens (tertiary/aromatic N) is 1. The molecule has 0 atom stereocenters. The van der Waals surface area contributed by atoms with E-state index in [0.717, 1.165) is 11.1 Å². The van der Waals surface area contributed by atoms with Gasteiger partial charge in [-0.2, -0.15) is 0 Å². The van der Waals surface area contributed by atoms with Gasteiger partial charge in [-0.05, 0) is 59.2 Å². The highest BCUT2D eigenvalue weighted by Crippen LogP contribution is 2.23. The summed E-state index contributed by atoms with van der Waals surface area (Å²) < 4.78 is 19.1. The van der Waals surface area contributed by atoms with Gasteiger partial charge in [-0.1, -0.05) is 60.7 Å². The minimum Gasteiger partial charge on any atom is -0.497 e. The molecule has 0 aromatic heterocycles. The number of amides is 2. The van der Waals surface area contributed by atoms with Gasteiger partial charge in [0.2, 0.25) is 5.91 Å². The average molecular weight is 483 g/mol. The summed E-state index contributed by atoms with van der Waals surface area (Å²) in [4.78, 5) is 27.5. The Morgan fingerprint density at radius 2 is 1.53 bits per heavy atom. The van der Waals surface area contributed by atoms with Crippen LogP contribution in [0.1, 0.15) is 27.0 Å². The molecule has 0 spiro atoms. The Balaban J connectivity index is 1.51. The fourth-order valence-electron chi connectivity index (χ4n) is 3.85. The second-order valence-electron chi connectivity index (χ2n) is 8.36. The van der Waals surface area contributed by atoms with Crippen LogP contribution in [0.3, 0.4) is 0 Å². The van der Waals surface area contributed by atoms with E-state index in [2.05, 4.69) is 5.32 Å². The van der Waals surface area contributed by atoms with Crippen LogP contribution >= 0.6 is 0 Å². The van der Waals surface area contributed by atoms with Crippen molar-refractivity contribution in [3.8, 4) is 5.75 Å². The van der Waals surface area contributed by atoms with Gasteiger partial charge in [0.05, 0.1) is 20.1 Å². The van der Waals surface area contributed by atoms with Crippen molar-refractivity contribution >= 4 is 17.5 Å². The number of ether oxygens (including phenoxy) is 1. The number of halogens is 1. The Bertz CT molecular complexity index is 1320. The molecule has 36 heavy (non-hydrogen) atoms. The van der Waals surface area contributed by atoms with Crippen molar-refractivity contribution in [2.75, 3.05) is 12.0 Å². The van der Waals surface area contributed by atoms with E-state index in [-0.39, 0.29) is 30.6 Å². The monoisotopic (exact) mass is 482 g/mol. The molecule has 6 heteroatoms. The molecule has 182 valence electrons. The van der Waals surface area contributed by atoms with Crippen LogP contribution in [0.4, 0.5) is 10.1 Å². The van der Waals surface area contributed by atoms with Gasteiger partial charge < -0.3 is 15.0 Å². The molecule has 0 aliphatic carbocycles. The highest BCUT2D eigenvalue weighted by atomic mass is 19.1. The molecule has 0 aliphatic heterocycles. The summed E-state index contributed by atoms with van der Waals surface area (Å²) in [6.07, 6.45) is 0.223. The number of hydrogen-bond donors (Lipinski definition) is 1. The molecule has 2 amide bonds. The minimum absolute atomic E-state index is 0.0873. The quantitative estimate of drug-likeness (QED) is 0.341. The number of benzene rings is 4. The number of carbonyl (C=O) groups excluding carboxylic acids is 2. The van der Waals surface area contributed by atoms with E-state index in [4.69, 9.17) is 4.74 Å². The zero-order valence-corrected chi connectivity index (χ0v) is 20.0. The number of nitrogens with one attached hydrogen (secondary N) is 1. The van der Waals surface area contributed by atoms with Gasteiger partial charge in [-0.25, -0.2) is 4.39 Å². The molecule has 0 aliphatic rings. The molecule has 5 nitrogen and oxygen atoms in total. The Morgan fingerprint density at radius 3 is 2.25 bits per heavy atom. The molecule has 0 radical (unpaired) electrons. The molecule has 0 saturated carbocycles. The maximum absolute atomic E-state index is 13.8. The Labute approximate surface area is 210 Å². The van der Waals surface area contributed by atoms with E-state index < -0.39 is 0 Å². The first-order valence-electron chi connectivity index (χ1n) is 11.6. The molecular formula is C30H27FN2O3. The van der Waals surface area contributed by atoms with Crippen molar-refractivity contribution in [1.29, 1.82) is 0 Å². The Kier molecular flexibility index (Phi) is 8.08. The van der Waals surface area contributed by atoms with Gasteiger partial charge in [-0.15, -0.1) is 0 Å². The zero-order chi connectivity index (χ0) is 25.3. The van der Waals surface area contributed by atoms with Crippen molar-refractivity contribution in [3.63, 3.8) is 0 Å². The van der Waals surface area contributed by atoms with Crippen LogP contribution in [0.25, 0.3) is 0 Å². The third kappa shape index (κ3) is 6.57. The topological polar surface area (TPSA) is 58.6 Å². The lowest BCUT2D eigenvalue weighted by atomic mass is 10.1. The second kappa shape index (κ2) is 11.8. The lowest BCUT2D eigenvalue weighted by molar-refractivity contribution is -0.120. The first-order valence-corrected chi connectivity index (χ1v) is 11.6. The van der Waals surface area contributed by atoms with Crippen LogP contribution in [-0.4, -0.2) is 18.9 Å². The predicted molar refractivity (Wildman–Crippen MR) is 138 cm³/mol. The standard InChI is InChI=1S/C30H27FN2O3/c1-36-28-12-6-10-25(19-28)30(35)33(21-24-9-5-11-26(31)17-24)27-15-13-22(14-16-27)18-29(34)32-20-23-7-3-2-4-8-23/h2-17,19H,18,20-21H2,1H3,(H,32,34). The van der Waals surface area contributed by atoms with Gasteiger partial charge in [0.25, 0.3) is 5.91 Å². The van der Waals surface area contributed by atoms with Gasteiger partial charge in [0.15, 0.2) is 0 Å². The van der Waals surface area contributed by atoms with E-state index in [1.807, 2.05) is 42.5 Å². The number of hydrogen-bond acceptors (Lipinski definition) is 3. The first kappa shape index (κ1) is 24.7. The van der Waals surface area contributed by atoms with Gasteiger partial charge in [-0.3, -0.25) is 9.59 Å². The highest BCUT2D eigenvalue weighted by molar-refractivity contribution is 6.06. The molecule has 0 unspecified atom stereocenters. The summed E-state index contributed by atoms with van der Waals surface area (Å²) in [5.74, 6) is -0.122. The second-order valence-corrected chi connectivity index (χ2v) is 8.36. The van der Waals surface area contributed by atoms with Crippen LogP contribution in [0.15, 0.2) is 103 Å². The van der Waals surface area contributed by atoms with Crippen LogP contribution in [0, 0.1) is 5.82 Å². The zero-order valence-electron chi connectivity index (χ0n) is 20.0. The van der Waals surface area contributed by atoms with Crippen molar-refractivity contribution < 1.29 is 18.7 Å². The molecule has 4 aromatic carbocycles. The normalized spacial score (nSPS) is 10.5. The van der Waals surface area contributed by atoms with Gasteiger partial charge in [0, 0.05) is 17.8 Å². The fraction of sp³-hybridized carbons (Fsp3) is 0.133. The summed E-state index contributed by atoms with van der Waals surface area (Å²) in [6.45, 7) is 0.652. The first-order chi connectivity index (χ1) is 17.5. The molecule has 4 rings (SSSR count). The smallest absolute Gasteiger partial charge is 0.258 e.